The SMILES string of the molecule is CCn1cccc(CS)c1=O. The first-order chi connectivity index (χ1) is 5.29. The Labute approximate surface area is 71.3 Å². The van der Waals surface area contributed by atoms with Crippen LogP contribution in [0.3, 0.4) is 0 Å². The van der Waals surface area contributed by atoms with Crippen LogP contribution in [0.5, 0.6) is 0 Å². The molecule has 3 heteroatoms. The van der Waals surface area contributed by atoms with Gasteiger partial charge in [-0.05, 0) is 13.0 Å². The summed E-state index contributed by atoms with van der Waals surface area (Å²) in [6.07, 6.45) is 1.79. The van der Waals surface area contributed by atoms with Gasteiger partial charge >= 0.3 is 0 Å². The molecule has 0 spiro atoms. The van der Waals surface area contributed by atoms with Crippen LogP contribution >= 0.6 is 12.6 Å². The highest BCUT2D eigenvalue weighted by Crippen LogP contribution is 1.95. The summed E-state index contributed by atoms with van der Waals surface area (Å²) in [7, 11) is 0. The molecule has 0 fully saturated rings. The van der Waals surface area contributed by atoms with Crippen molar-refractivity contribution in [2.75, 3.05) is 0 Å². The van der Waals surface area contributed by atoms with E-state index in [4.69, 9.17) is 0 Å². The fourth-order valence-corrected chi connectivity index (χ4v) is 1.20. The number of aromatic nitrogens is 1. The van der Waals surface area contributed by atoms with Crippen LogP contribution in [0.25, 0.3) is 0 Å². The van der Waals surface area contributed by atoms with E-state index in [2.05, 4.69) is 12.6 Å². The topological polar surface area (TPSA) is 22.0 Å². The summed E-state index contributed by atoms with van der Waals surface area (Å²) in [5.74, 6) is 0.514. The van der Waals surface area contributed by atoms with Crippen molar-refractivity contribution in [1.82, 2.24) is 4.57 Å². The number of hydrogen-bond acceptors (Lipinski definition) is 2. The molecular weight excluding hydrogens is 158 g/mol. The van der Waals surface area contributed by atoms with E-state index in [0.717, 1.165) is 12.1 Å². The second-order valence-electron chi connectivity index (χ2n) is 2.28. The summed E-state index contributed by atoms with van der Waals surface area (Å²) in [6.45, 7) is 2.67. The molecular formula is C8H11NOS. The van der Waals surface area contributed by atoms with Crippen LogP contribution in [0.2, 0.25) is 0 Å². The van der Waals surface area contributed by atoms with Crippen LogP contribution < -0.4 is 5.56 Å². The molecule has 60 valence electrons. The monoisotopic (exact) mass is 169 g/mol. The number of hydrogen-bond donors (Lipinski definition) is 1. The molecule has 1 heterocycles. The number of pyridine rings is 1. The van der Waals surface area contributed by atoms with Crippen molar-refractivity contribution in [3.05, 3.63) is 34.2 Å². The molecule has 1 aromatic rings. The first-order valence-electron chi connectivity index (χ1n) is 3.58. The molecule has 1 rings (SSSR count). The largest absolute Gasteiger partial charge is 0.316 e. The van der Waals surface area contributed by atoms with Crippen LogP contribution in [0.4, 0.5) is 0 Å². The highest BCUT2D eigenvalue weighted by Gasteiger charge is 1.97. The second-order valence-corrected chi connectivity index (χ2v) is 2.60. The average Bonchev–Trinajstić information content (AvgIpc) is 2.05. The molecule has 0 aliphatic carbocycles. The number of nitrogens with zero attached hydrogens (tertiary/aromatic N) is 1. The predicted octanol–water partition coefficient (Wildman–Crippen LogP) is 1.30. The van der Waals surface area contributed by atoms with Crippen LogP contribution in [-0.4, -0.2) is 4.57 Å². The van der Waals surface area contributed by atoms with Gasteiger partial charge in [0, 0.05) is 24.1 Å². The maximum atomic E-state index is 11.3. The Kier molecular flexibility index (Phi) is 2.76. The average molecular weight is 169 g/mol. The Bertz CT molecular complexity index is 267. The van der Waals surface area contributed by atoms with Crippen molar-refractivity contribution in [2.45, 2.75) is 19.2 Å². The summed E-state index contributed by atoms with van der Waals surface area (Å²) in [4.78, 5) is 11.3. The molecule has 0 aliphatic heterocycles. The molecule has 0 bridgehead atoms. The smallest absolute Gasteiger partial charge is 0.254 e. The Hall–Kier alpha value is -0.700. The second kappa shape index (κ2) is 3.62. The van der Waals surface area contributed by atoms with E-state index in [1.54, 1.807) is 10.8 Å². The first kappa shape index (κ1) is 8.40. The molecule has 0 N–H and O–H groups in total. The molecule has 0 saturated heterocycles. The zero-order chi connectivity index (χ0) is 8.27. The number of aryl methyl sites for hydroxylation is 1. The van der Waals surface area contributed by atoms with Crippen molar-refractivity contribution < 1.29 is 0 Å². The van der Waals surface area contributed by atoms with Gasteiger partial charge in [0.05, 0.1) is 0 Å². The molecule has 2 nitrogen and oxygen atoms in total. The predicted molar refractivity (Wildman–Crippen MR) is 49.1 cm³/mol. The lowest BCUT2D eigenvalue weighted by molar-refractivity contribution is 0.720. The standard InChI is InChI=1S/C8H11NOS/c1-2-9-5-3-4-7(6-11)8(9)10/h3-5,11H,2,6H2,1H3. The van der Waals surface area contributed by atoms with E-state index in [9.17, 15) is 4.79 Å². The highest BCUT2D eigenvalue weighted by atomic mass is 32.1. The van der Waals surface area contributed by atoms with Crippen molar-refractivity contribution in [3.63, 3.8) is 0 Å². The lowest BCUT2D eigenvalue weighted by Gasteiger charge is -2.01. The minimum absolute atomic E-state index is 0.0741. The van der Waals surface area contributed by atoms with Crippen molar-refractivity contribution in [3.8, 4) is 0 Å². The van der Waals surface area contributed by atoms with Gasteiger partial charge in [0.25, 0.3) is 5.56 Å². The normalized spacial score (nSPS) is 10.0. The van der Waals surface area contributed by atoms with Gasteiger partial charge in [-0.2, -0.15) is 12.6 Å². The van der Waals surface area contributed by atoms with Gasteiger partial charge < -0.3 is 4.57 Å². The van der Waals surface area contributed by atoms with E-state index >= 15 is 0 Å². The molecule has 1 aromatic heterocycles. The van der Waals surface area contributed by atoms with Crippen molar-refractivity contribution >= 4 is 12.6 Å². The quantitative estimate of drug-likeness (QED) is 0.662. The van der Waals surface area contributed by atoms with Gasteiger partial charge in [0.2, 0.25) is 0 Å². The van der Waals surface area contributed by atoms with Crippen molar-refractivity contribution in [1.29, 1.82) is 0 Å². The Morgan fingerprint density at radius 3 is 2.91 bits per heavy atom. The molecule has 0 amide bonds. The molecule has 0 radical (unpaired) electrons. The summed E-state index contributed by atoms with van der Waals surface area (Å²) in [6, 6.07) is 3.68. The van der Waals surface area contributed by atoms with Crippen LogP contribution in [0.1, 0.15) is 12.5 Å². The molecule has 0 saturated carbocycles. The Morgan fingerprint density at radius 2 is 2.36 bits per heavy atom. The maximum Gasteiger partial charge on any atom is 0.254 e. The summed E-state index contributed by atoms with van der Waals surface area (Å²) >= 11 is 4.05. The summed E-state index contributed by atoms with van der Waals surface area (Å²) in [5.41, 5.74) is 0.836. The number of rotatable bonds is 2. The van der Waals surface area contributed by atoms with E-state index in [-0.39, 0.29) is 5.56 Å². The molecule has 0 aliphatic rings. The third-order valence-corrected chi connectivity index (χ3v) is 1.95. The zero-order valence-electron chi connectivity index (χ0n) is 6.45. The van der Waals surface area contributed by atoms with Crippen molar-refractivity contribution in [2.24, 2.45) is 0 Å². The lowest BCUT2D eigenvalue weighted by Crippen LogP contribution is -2.21. The highest BCUT2D eigenvalue weighted by molar-refractivity contribution is 7.79. The minimum Gasteiger partial charge on any atom is -0.316 e. The zero-order valence-corrected chi connectivity index (χ0v) is 7.34. The molecule has 11 heavy (non-hydrogen) atoms. The van der Waals surface area contributed by atoms with Gasteiger partial charge in [0.15, 0.2) is 0 Å². The Balaban J connectivity index is 3.21. The third-order valence-electron chi connectivity index (χ3n) is 1.61. The van der Waals surface area contributed by atoms with Gasteiger partial charge in [-0.15, -0.1) is 0 Å². The van der Waals surface area contributed by atoms with Gasteiger partial charge in [-0.3, -0.25) is 4.79 Å². The van der Waals surface area contributed by atoms with E-state index in [0.29, 0.717) is 5.75 Å². The fourth-order valence-electron chi connectivity index (χ4n) is 0.956. The van der Waals surface area contributed by atoms with Crippen LogP contribution in [0.15, 0.2) is 23.1 Å². The first-order valence-corrected chi connectivity index (χ1v) is 4.22. The van der Waals surface area contributed by atoms with Gasteiger partial charge in [0.1, 0.15) is 0 Å². The maximum absolute atomic E-state index is 11.3. The van der Waals surface area contributed by atoms with Gasteiger partial charge in [-0.1, -0.05) is 6.07 Å². The van der Waals surface area contributed by atoms with E-state index in [1.807, 2.05) is 19.1 Å². The molecule has 0 atom stereocenters. The third kappa shape index (κ3) is 1.66. The summed E-state index contributed by atoms with van der Waals surface area (Å²) in [5, 5.41) is 0. The van der Waals surface area contributed by atoms with Crippen LogP contribution in [0, 0.1) is 0 Å². The Morgan fingerprint density at radius 1 is 1.64 bits per heavy atom. The van der Waals surface area contributed by atoms with E-state index in [1.165, 1.54) is 0 Å². The number of thiol groups is 1. The van der Waals surface area contributed by atoms with Crippen LogP contribution in [-0.2, 0) is 12.3 Å². The van der Waals surface area contributed by atoms with Gasteiger partial charge in [-0.25, -0.2) is 0 Å². The molecule has 0 unspecified atom stereocenters. The lowest BCUT2D eigenvalue weighted by atomic mass is 10.3. The minimum atomic E-state index is 0.0741. The van der Waals surface area contributed by atoms with E-state index < -0.39 is 0 Å². The summed E-state index contributed by atoms with van der Waals surface area (Å²) < 4.78 is 1.67. The fraction of sp³-hybridized carbons (Fsp3) is 0.375. The molecule has 0 aromatic carbocycles.